The first-order chi connectivity index (χ1) is 7.91. The highest BCUT2D eigenvalue weighted by Crippen LogP contribution is 2.49. The van der Waals surface area contributed by atoms with E-state index in [0.717, 1.165) is 43.7 Å². The monoisotopic (exact) mass is 248 g/mol. The molecular formula is C11H15F3N2O. The summed E-state index contributed by atoms with van der Waals surface area (Å²) < 4.78 is 37.5. The van der Waals surface area contributed by atoms with Gasteiger partial charge in [-0.2, -0.15) is 13.2 Å². The van der Waals surface area contributed by atoms with Crippen molar-refractivity contribution in [3.05, 3.63) is 0 Å². The van der Waals surface area contributed by atoms with Crippen LogP contribution in [0, 0.1) is 5.41 Å². The molecule has 1 aliphatic heterocycles. The molecule has 0 radical (unpaired) electrons. The molecule has 6 heteroatoms. The first-order valence-corrected chi connectivity index (χ1v) is 6.02. The lowest BCUT2D eigenvalue weighted by Gasteiger charge is -2.57. The van der Waals surface area contributed by atoms with E-state index >= 15 is 0 Å². The van der Waals surface area contributed by atoms with Gasteiger partial charge in [-0.1, -0.05) is 0 Å². The zero-order valence-corrected chi connectivity index (χ0v) is 9.39. The van der Waals surface area contributed by atoms with Crippen LogP contribution in [-0.2, 0) is 4.79 Å². The van der Waals surface area contributed by atoms with Crippen LogP contribution in [0.2, 0.25) is 0 Å². The Balaban J connectivity index is 1.67. The summed E-state index contributed by atoms with van der Waals surface area (Å²) in [4.78, 5) is 12.5. The molecule has 3 aliphatic rings. The molecule has 1 saturated heterocycles. The summed E-state index contributed by atoms with van der Waals surface area (Å²) in [6, 6.07) is -0.335. The van der Waals surface area contributed by atoms with Gasteiger partial charge in [-0.05, 0) is 31.1 Å². The number of carbonyl (C=O) groups excluding carboxylic acids is 1. The molecule has 0 unspecified atom stereocenters. The molecule has 0 bridgehead atoms. The lowest BCUT2D eigenvalue weighted by molar-refractivity contribution is -0.194. The minimum absolute atomic E-state index is 0.153. The summed E-state index contributed by atoms with van der Waals surface area (Å²) in [5.41, 5.74) is 0.198. The van der Waals surface area contributed by atoms with Crippen LogP contribution in [0.4, 0.5) is 13.2 Å². The predicted molar refractivity (Wildman–Crippen MR) is 54.2 cm³/mol. The fraction of sp³-hybridized carbons (Fsp3) is 0.909. The molecule has 0 aromatic carbocycles. The first kappa shape index (κ1) is 11.3. The zero-order chi connectivity index (χ0) is 12.3. The van der Waals surface area contributed by atoms with Gasteiger partial charge in [-0.3, -0.25) is 4.79 Å². The maximum atomic E-state index is 12.5. The van der Waals surface area contributed by atoms with Gasteiger partial charge in [0.1, 0.15) is 0 Å². The third-order valence-corrected chi connectivity index (χ3v) is 4.15. The highest BCUT2D eigenvalue weighted by molar-refractivity contribution is 5.83. The highest BCUT2D eigenvalue weighted by atomic mass is 19.4. The molecule has 2 aliphatic carbocycles. The second kappa shape index (κ2) is 3.37. The maximum Gasteiger partial charge on any atom is 0.471 e. The Hall–Kier alpha value is -0.780. The van der Waals surface area contributed by atoms with Gasteiger partial charge in [0.05, 0.1) is 0 Å². The third kappa shape index (κ3) is 1.82. The van der Waals surface area contributed by atoms with Crippen LogP contribution in [-0.4, -0.2) is 42.2 Å². The minimum atomic E-state index is -4.72. The summed E-state index contributed by atoms with van der Waals surface area (Å²) >= 11 is 0. The van der Waals surface area contributed by atoms with Crippen molar-refractivity contribution in [1.29, 1.82) is 0 Å². The third-order valence-electron chi connectivity index (χ3n) is 4.15. The number of nitrogens with zero attached hydrogens (tertiary/aromatic N) is 1. The van der Waals surface area contributed by atoms with Crippen LogP contribution in [0.3, 0.4) is 0 Å². The number of carbonyl (C=O) groups is 1. The standard InChI is InChI=1S/C11H15F3N2O/c12-11(13,14)9(17)16(7-1-2-7)8-3-10(4-8)5-15-6-10/h7-8,15H,1-6H2. The average molecular weight is 248 g/mol. The van der Waals surface area contributed by atoms with Gasteiger partial charge in [0.25, 0.3) is 0 Å². The van der Waals surface area contributed by atoms with Crippen LogP contribution in [0.25, 0.3) is 0 Å². The van der Waals surface area contributed by atoms with E-state index in [1.165, 1.54) is 0 Å². The second-order valence-corrected chi connectivity index (χ2v) is 5.61. The van der Waals surface area contributed by atoms with Crippen molar-refractivity contribution in [2.45, 2.75) is 43.9 Å². The minimum Gasteiger partial charge on any atom is -0.329 e. The van der Waals surface area contributed by atoms with Gasteiger partial charge in [-0.15, -0.1) is 0 Å². The van der Waals surface area contributed by atoms with E-state index in [1.54, 1.807) is 0 Å². The number of hydrogen-bond acceptors (Lipinski definition) is 2. The summed E-state index contributed by atoms with van der Waals surface area (Å²) in [5, 5.41) is 3.14. The molecule has 0 aromatic rings. The van der Waals surface area contributed by atoms with Crippen molar-refractivity contribution in [3.8, 4) is 0 Å². The highest BCUT2D eigenvalue weighted by Gasteiger charge is 2.57. The molecule has 0 aromatic heterocycles. The van der Waals surface area contributed by atoms with Crippen molar-refractivity contribution >= 4 is 5.91 Å². The quantitative estimate of drug-likeness (QED) is 0.798. The summed E-state index contributed by atoms with van der Waals surface area (Å²) in [7, 11) is 0. The molecule has 96 valence electrons. The van der Waals surface area contributed by atoms with Crippen molar-refractivity contribution < 1.29 is 18.0 Å². The Morgan fingerprint density at radius 3 is 2.12 bits per heavy atom. The molecule has 3 fully saturated rings. The number of halogens is 3. The predicted octanol–water partition coefficient (Wildman–Crippen LogP) is 1.29. The molecule has 2 saturated carbocycles. The van der Waals surface area contributed by atoms with Gasteiger partial charge >= 0.3 is 12.1 Å². The fourth-order valence-electron chi connectivity index (χ4n) is 3.03. The zero-order valence-electron chi connectivity index (χ0n) is 9.39. The Morgan fingerprint density at radius 1 is 1.18 bits per heavy atom. The van der Waals surface area contributed by atoms with Crippen LogP contribution in [0.5, 0.6) is 0 Å². The van der Waals surface area contributed by atoms with Gasteiger partial charge < -0.3 is 10.2 Å². The van der Waals surface area contributed by atoms with E-state index in [-0.39, 0.29) is 17.5 Å². The molecule has 1 spiro atoms. The Bertz CT molecular complexity index is 339. The number of nitrogens with one attached hydrogen (secondary N) is 1. The van der Waals surface area contributed by atoms with Crippen molar-refractivity contribution in [2.24, 2.45) is 5.41 Å². The molecule has 17 heavy (non-hydrogen) atoms. The second-order valence-electron chi connectivity index (χ2n) is 5.61. The van der Waals surface area contributed by atoms with E-state index < -0.39 is 12.1 Å². The van der Waals surface area contributed by atoms with Gasteiger partial charge in [-0.25, -0.2) is 0 Å². The summed E-state index contributed by atoms with van der Waals surface area (Å²) in [6.07, 6.45) is -1.80. The molecule has 1 amide bonds. The smallest absolute Gasteiger partial charge is 0.329 e. The number of hydrogen-bond donors (Lipinski definition) is 1. The molecule has 3 rings (SSSR count). The first-order valence-electron chi connectivity index (χ1n) is 6.02. The number of alkyl halides is 3. The molecule has 0 atom stereocenters. The fourth-order valence-corrected chi connectivity index (χ4v) is 3.03. The molecule has 3 nitrogen and oxygen atoms in total. The van der Waals surface area contributed by atoms with Crippen LogP contribution in [0.1, 0.15) is 25.7 Å². The van der Waals surface area contributed by atoms with E-state index in [1.807, 2.05) is 0 Å². The summed E-state index contributed by atoms with van der Waals surface area (Å²) in [6.45, 7) is 1.78. The van der Waals surface area contributed by atoms with Gasteiger partial charge in [0, 0.05) is 25.2 Å². The number of rotatable bonds is 2. The Kier molecular flexibility index (Phi) is 2.24. The van der Waals surface area contributed by atoms with Crippen molar-refractivity contribution in [2.75, 3.05) is 13.1 Å². The van der Waals surface area contributed by atoms with Crippen LogP contribution >= 0.6 is 0 Å². The number of amides is 1. The molecular weight excluding hydrogens is 233 g/mol. The van der Waals surface area contributed by atoms with E-state index in [0.29, 0.717) is 0 Å². The molecule has 1 N–H and O–H groups in total. The van der Waals surface area contributed by atoms with E-state index in [2.05, 4.69) is 5.32 Å². The largest absolute Gasteiger partial charge is 0.471 e. The van der Waals surface area contributed by atoms with E-state index in [9.17, 15) is 18.0 Å². The van der Waals surface area contributed by atoms with Gasteiger partial charge in [0.15, 0.2) is 0 Å². The van der Waals surface area contributed by atoms with Crippen molar-refractivity contribution in [1.82, 2.24) is 10.2 Å². The summed E-state index contributed by atoms with van der Waals surface area (Å²) in [5.74, 6) is -1.63. The Labute approximate surface area is 97.3 Å². The van der Waals surface area contributed by atoms with Crippen molar-refractivity contribution in [3.63, 3.8) is 0 Å². The Morgan fingerprint density at radius 2 is 1.76 bits per heavy atom. The van der Waals surface area contributed by atoms with Crippen LogP contribution < -0.4 is 5.32 Å². The lowest BCUT2D eigenvalue weighted by Crippen LogP contribution is -2.66. The topological polar surface area (TPSA) is 32.3 Å². The van der Waals surface area contributed by atoms with E-state index in [4.69, 9.17) is 0 Å². The average Bonchev–Trinajstić information content (AvgIpc) is 2.87. The maximum absolute atomic E-state index is 12.5. The molecule has 1 heterocycles. The van der Waals surface area contributed by atoms with Gasteiger partial charge in [0.2, 0.25) is 0 Å². The normalized spacial score (nSPS) is 27.5. The SMILES string of the molecule is O=C(N(C1CC1)C1CC2(CNC2)C1)C(F)(F)F. The van der Waals surface area contributed by atoms with Crippen LogP contribution in [0.15, 0.2) is 0 Å². The lowest BCUT2D eigenvalue weighted by atomic mass is 9.61.